The summed E-state index contributed by atoms with van der Waals surface area (Å²) in [5, 5.41) is 15.6. The third-order valence-corrected chi connectivity index (χ3v) is 8.80. The molecule has 4 bridgehead atoms. The highest BCUT2D eigenvalue weighted by Crippen LogP contribution is 2.53. The molecule has 5 aliphatic carbocycles. The van der Waals surface area contributed by atoms with Crippen molar-refractivity contribution in [3.8, 4) is 5.75 Å². The van der Waals surface area contributed by atoms with E-state index in [9.17, 15) is 9.59 Å². The van der Waals surface area contributed by atoms with E-state index in [0.29, 0.717) is 36.1 Å². The van der Waals surface area contributed by atoms with E-state index in [2.05, 4.69) is 10.6 Å². The van der Waals surface area contributed by atoms with Gasteiger partial charge in [-0.15, -0.1) is 0 Å². The molecule has 6 rings (SSSR count). The predicted molar refractivity (Wildman–Crippen MR) is 126 cm³/mol. The number of aromatic carboxylic acids is 1. The second-order valence-electron chi connectivity index (χ2n) is 11.0. The first-order chi connectivity index (χ1) is 16.0. The van der Waals surface area contributed by atoms with Crippen LogP contribution in [-0.2, 0) is 0 Å². The molecule has 2 amide bonds. The molecule has 3 N–H and O–H groups in total. The van der Waals surface area contributed by atoms with E-state index in [-0.39, 0.29) is 17.7 Å². The Hall–Kier alpha value is -2.24. The Morgan fingerprint density at radius 1 is 0.939 bits per heavy atom. The SMILES string of the molecule is O=C(NCCC(Oc1ccc(C(=O)O)cc1)C1CCCCC1)NC1C2CC3CC(C2)CC1C3. The molecule has 0 saturated heterocycles. The fourth-order valence-electron chi connectivity index (χ4n) is 7.44. The highest BCUT2D eigenvalue weighted by atomic mass is 16.5. The van der Waals surface area contributed by atoms with Crippen LogP contribution >= 0.6 is 0 Å². The molecule has 0 heterocycles. The van der Waals surface area contributed by atoms with Gasteiger partial charge in [0.1, 0.15) is 11.9 Å². The molecule has 0 spiro atoms. The van der Waals surface area contributed by atoms with Crippen LogP contribution in [0.5, 0.6) is 5.75 Å². The van der Waals surface area contributed by atoms with Gasteiger partial charge in [0.05, 0.1) is 5.56 Å². The van der Waals surface area contributed by atoms with E-state index in [1.54, 1.807) is 24.3 Å². The number of nitrogens with one attached hydrogen (secondary N) is 2. The third-order valence-electron chi connectivity index (χ3n) is 8.80. The summed E-state index contributed by atoms with van der Waals surface area (Å²) >= 11 is 0. The van der Waals surface area contributed by atoms with Crippen LogP contribution in [0.15, 0.2) is 24.3 Å². The molecule has 5 fully saturated rings. The van der Waals surface area contributed by atoms with Crippen molar-refractivity contribution in [2.75, 3.05) is 6.54 Å². The quantitative estimate of drug-likeness (QED) is 0.502. The zero-order chi connectivity index (χ0) is 22.8. The van der Waals surface area contributed by atoms with Gasteiger partial charge in [0.25, 0.3) is 0 Å². The van der Waals surface area contributed by atoms with Gasteiger partial charge in [-0.25, -0.2) is 9.59 Å². The van der Waals surface area contributed by atoms with E-state index in [1.807, 2.05) is 0 Å². The van der Waals surface area contributed by atoms with Crippen molar-refractivity contribution >= 4 is 12.0 Å². The van der Waals surface area contributed by atoms with Crippen molar-refractivity contribution < 1.29 is 19.4 Å². The molecule has 33 heavy (non-hydrogen) atoms. The number of hydrogen-bond acceptors (Lipinski definition) is 3. The second kappa shape index (κ2) is 9.94. The summed E-state index contributed by atoms with van der Waals surface area (Å²) in [7, 11) is 0. The minimum absolute atomic E-state index is 0.0271. The van der Waals surface area contributed by atoms with E-state index in [4.69, 9.17) is 9.84 Å². The third kappa shape index (κ3) is 5.30. The summed E-state index contributed by atoms with van der Waals surface area (Å²) in [5.41, 5.74) is 0.264. The second-order valence-corrected chi connectivity index (χ2v) is 11.0. The summed E-state index contributed by atoms with van der Waals surface area (Å²) < 4.78 is 6.33. The molecular formula is C27H38N2O4. The lowest BCUT2D eigenvalue weighted by Crippen LogP contribution is -2.57. The van der Waals surface area contributed by atoms with Gasteiger partial charge in [-0.3, -0.25) is 0 Å². The van der Waals surface area contributed by atoms with Crippen LogP contribution in [-0.4, -0.2) is 35.8 Å². The maximum absolute atomic E-state index is 12.7. The maximum atomic E-state index is 12.7. The molecule has 0 aliphatic heterocycles. The number of carboxylic acids is 1. The Morgan fingerprint density at radius 2 is 1.58 bits per heavy atom. The maximum Gasteiger partial charge on any atom is 0.335 e. The number of carbonyl (C=O) groups is 2. The van der Waals surface area contributed by atoms with Gasteiger partial charge in [0.15, 0.2) is 0 Å². The molecule has 1 aromatic carbocycles. The van der Waals surface area contributed by atoms with Gasteiger partial charge < -0.3 is 20.5 Å². The summed E-state index contributed by atoms with van der Waals surface area (Å²) in [6, 6.07) is 6.99. The zero-order valence-electron chi connectivity index (χ0n) is 19.5. The van der Waals surface area contributed by atoms with Gasteiger partial charge >= 0.3 is 12.0 Å². The minimum atomic E-state index is -0.931. The number of hydrogen-bond donors (Lipinski definition) is 3. The van der Waals surface area contributed by atoms with E-state index in [0.717, 1.165) is 31.1 Å². The molecule has 1 unspecified atom stereocenters. The highest BCUT2D eigenvalue weighted by molar-refractivity contribution is 5.87. The first-order valence-corrected chi connectivity index (χ1v) is 13.1. The Bertz CT molecular complexity index is 805. The number of rotatable bonds is 8. The van der Waals surface area contributed by atoms with Crippen LogP contribution in [0.25, 0.3) is 0 Å². The lowest BCUT2D eigenvalue weighted by molar-refractivity contribution is -0.00945. The zero-order valence-corrected chi connectivity index (χ0v) is 19.5. The van der Waals surface area contributed by atoms with Gasteiger partial charge in [0, 0.05) is 19.0 Å². The van der Waals surface area contributed by atoms with E-state index < -0.39 is 5.97 Å². The van der Waals surface area contributed by atoms with Crippen LogP contribution in [0.2, 0.25) is 0 Å². The Kier molecular flexibility index (Phi) is 6.79. The lowest BCUT2D eigenvalue weighted by Gasteiger charge is -2.54. The van der Waals surface area contributed by atoms with Crippen molar-refractivity contribution in [3.05, 3.63) is 29.8 Å². The van der Waals surface area contributed by atoms with Crippen molar-refractivity contribution in [2.45, 2.75) is 82.8 Å². The molecule has 5 aliphatic rings. The van der Waals surface area contributed by atoms with Crippen LogP contribution in [0.3, 0.4) is 0 Å². The number of carboxylic acid groups (broad SMARTS) is 1. The molecule has 1 atom stereocenters. The Labute approximate surface area is 196 Å². The summed E-state index contributed by atoms with van der Waals surface area (Å²) in [6.07, 6.45) is 13.5. The summed E-state index contributed by atoms with van der Waals surface area (Å²) in [5.74, 6) is 3.43. The fraction of sp³-hybridized carbons (Fsp3) is 0.704. The van der Waals surface area contributed by atoms with Gasteiger partial charge in [-0.1, -0.05) is 19.3 Å². The van der Waals surface area contributed by atoms with Crippen LogP contribution in [0, 0.1) is 29.6 Å². The predicted octanol–water partition coefficient (Wildman–Crippen LogP) is 5.23. The minimum Gasteiger partial charge on any atom is -0.490 e. The Balaban J connectivity index is 1.13. The number of carbonyl (C=O) groups excluding carboxylic acids is 1. The summed E-state index contributed by atoms with van der Waals surface area (Å²) in [4.78, 5) is 23.9. The molecule has 0 aromatic heterocycles. The standard InChI is InChI=1S/C27H38N2O4/c30-26(31)20-6-8-23(9-7-20)33-24(19-4-2-1-3-5-19)10-11-28-27(32)29-25-21-13-17-12-18(15-21)16-22(25)14-17/h6-9,17-19,21-22,24-25H,1-5,10-16H2,(H,30,31)(H2,28,29,32). The normalized spacial score (nSPS) is 31.7. The fourth-order valence-corrected chi connectivity index (χ4v) is 7.44. The molecule has 6 nitrogen and oxygen atoms in total. The first kappa shape index (κ1) is 22.5. The topological polar surface area (TPSA) is 87.7 Å². The van der Waals surface area contributed by atoms with E-state index in [1.165, 1.54) is 51.4 Å². The largest absolute Gasteiger partial charge is 0.490 e. The van der Waals surface area contributed by atoms with Gasteiger partial charge in [-0.2, -0.15) is 0 Å². The smallest absolute Gasteiger partial charge is 0.335 e. The van der Waals surface area contributed by atoms with Crippen LogP contribution < -0.4 is 15.4 Å². The Morgan fingerprint density at radius 3 is 2.18 bits per heavy atom. The molecule has 1 aromatic rings. The van der Waals surface area contributed by atoms with Crippen molar-refractivity contribution in [1.29, 1.82) is 0 Å². The monoisotopic (exact) mass is 454 g/mol. The van der Waals surface area contributed by atoms with Crippen LogP contribution in [0.1, 0.15) is 81.0 Å². The number of amides is 2. The van der Waals surface area contributed by atoms with E-state index >= 15 is 0 Å². The highest BCUT2D eigenvalue weighted by Gasteiger charge is 2.48. The average molecular weight is 455 g/mol. The van der Waals surface area contributed by atoms with Gasteiger partial charge in [0.2, 0.25) is 0 Å². The molecule has 6 heteroatoms. The molecular weight excluding hydrogens is 416 g/mol. The van der Waals surface area contributed by atoms with Crippen molar-refractivity contribution in [1.82, 2.24) is 10.6 Å². The number of ether oxygens (including phenoxy) is 1. The molecule has 5 saturated carbocycles. The average Bonchev–Trinajstić information content (AvgIpc) is 2.81. The van der Waals surface area contributed by atoms with Crippen molar-refractivity contribution in [2.24, 2.45) is 29.6 Å². The summed E-state index contributed by atoms with van der Waals surface area (Å²) in [6.45, 7) is 0.591. The first-order valence-electron chi connectivity index (χ1n) is 13.1. The van der Waals surface area contributed by atoms with Gasteiger partial charge in [-0.05, 0) is 98.8 Å². The number of benzene rings is 1. The van der Waals surface area contributed by atoms with Crippen LogP contribution in [0.4, 0.5) is 4.79 Å². The molecule has 0 radical (unpaired) electrons. The molecule has 180 valence electrons. The lowest BCUT2D eigenvalue weighted by atomic mass is 9.54. The van der Waals surface area contributed by atoms with Crippen molar-refractivity contribution in [3.63, 3.8) is 0 Å². The number of urea groups is 1.